The monoisotopic (exact) mass is 517 g/mol. The number of aromatic nitrogens is 3. The molecule has 6 aromatic rings. The fourth-order valence-electron chi connectivity index (χ4n) is 3.54. The van der Waals surface area contributed by atoms with Crippen LogP contribution in [0.5, 0.6) is 0 Å². The van der Waals surface area contributed by atoms with Gasteiger partial charge in [-0.3, -0.25) is 9.97 Å². The Morgan fingerprint density at radius 2 is 1.80 bits per heavy atom. The van der Waals surface area contributed by atoms with E-state index < -0.39 is 0 Å². The van der Waals surface area contributed by atoms with E-state index in [2.05, 4.69) is 51.8 Å². The number of pyridine rings is 2. The van der Waals surface area contributed by atoms with E-state index >= 15 is 0 Å². The van der Waals surface area contributed by atoms with Gasteiger partial charge in [-0.15, -0.1) is 41.0 Å². The van der Waals surface area contributed by atoms with Gasteiger partial charge < -0.3 is 4.40 Å². The number of fused-ring (bicyclic) bond motifs is 10. The molecule has 0 saturated carbocycles. The zero-order valence-corrected chi connectivity index (χ0v) is 16.1. The molecule has 6 rings (SSSR count). The first-order valence-corrected chi connectivity index (χ1v) is 8.60. The van der Waals surface area contributed by atoms with Crippen LogP contribution in [0.3, 0.4) is 0 Å². The van der Waals surface area contributed by atoms with Crippen LogP contribution in [0.15, 0.2) is 60.8 Å². The predicted octanol–water partition coefficient (Wildman–Crippen LogP) is 5.20. The molecule has 4 heterocycles. The van der Waals surface area contributed by atoms with Crippen LogP contribution < -0.4 is 0 Å². The van der Waals surface area contributed by atoms with Crippen molar-refractivity contribution in [3.63, 3.8) is 0 Å². The van der Waals surface area contributed by atoms with Crippen LogP contribution in [-0.4, -0.2) is 14.4 Å². The maximum atomic E-state index is 4.96. The van der Waals surface area contributed by atoms with Crippen molar-refractivity contribution >= 4 is 59.2 Å². The van der Waals surface area contributed by atoms with Crippen molar-refractivity contribution in [2.75, 3.05) is 0 Å². The first-order chi connectivity index (χ1) is 11.9. The van der Waals surface area contributed by atoms with E-state index in [9.17, 15) is 0 Å². The molecule has 25 heavy (non-hydrogen) atoms. The Morgan fingerprint density at radius 1 is 0.920 bits per heavy atom. The number of hydrogen-bond donors (Lipinski definition) is 0. The van der Waals surface area contributed by atoms with Gasteiger partial charge in [0, 0.05) is 31.8 Å². The van der Waals surface area contributed by atoms with Gasteiger partial charge in [0.2, 0.25) is 0 Å². The SMILES string of the molecule is [Ir].[c-]1cccc2c1c1nc3c4ncccc4sc3n1c1ccccc21. The molecule has 0 atom stereocenters. The van der Waals surface area contributed by atoms with Crippen molar-refractivity contribution in [3.05, 3.63) is 66.9 Å². The number of thiophene rings is 1. The zero-order chi connectivity index (χ0) is 15.7. The second-order valence-corrected chi connectivity index (χ2v) is 6.88. The molecule has 0 amide bonds. The smallest absolute Gasteiger partial charge is 0.121 e. The average Bonchev–Trinajstić information content (AvgIpc) is 3.18. The second-order valence-electron chi connectivity index (χ2n) is 5.85. The van der Waals surface area contributed by atoms with E-state index in [1.54, 1.807) is 11.3 Å². The van der Waals surface area contributed by atoms with E-state index in [1.165, 1.54) is 21.0 Å². The van der Waals surface area contributed by atoms with Crippen LogP contribution in [0.2, 0.25) is 0 Å². The molecular weight excluding hydrogens is 507 g/mol. The fraction of sp³-hybridized carbons (Fsp3) is 0. The average molecular weight is 517 g/mol. The Labute approximate surface area is 160 Å². The molecule has 0 bridgehead atoms. The third-order valence-corrected chi connectivity index (χ3v) is 5.67. The number of benzene rings is 2. The Balaban J connectivity index is 0.00000140. The molecule has 5 heteroatoms. The van der Waals surface area contributed by atoms with Gasteiger partial charge in [0.05, 0.1) is 10.3 Å². The summed E-state index contributed by atoms with van der Waals surface area (Å²) >= 11 is 1.75. The van der Waals surface area contributed by atoms with Crippen molar-refractivity contribution < 1.29 is 20.1 Å². The maximum Gasteiger partial charge on any atom is 0.121 e. The summed E-state index contributed by atoms with van der Waals surface area (Å²) in [6, 6.07) is 22.1. The van der Waals surface area contributed by atoms with Crippen LogP contribution in [0.1, 0.15) is 0 Å². The molecule has 2 aromatic carbocycles. The van der Waals surface area contributed by atoms with Crippen molar-refractivity contribution in [1.82, 2.24) is 14.4 Å². The van der Waals surface area contributed by atoms with Gasteiger partial charge in [0.15, 0.2) is 0 Å². The van der Waals surface area contributed by atoms with E-state index in [4.69, 9.17) is 4.98 Å². The standard InChI is InChI=1S/C20H10N3S.Ir/c1-2-8-14-12(6-1)13-7-3-4-9-15(13)23-19(14)22-18-17-16(24-20(18)23)10-5-11-21-17;/h1-7,9-11H;/q-1;. The molecule has 0 spiro atoms. The van der Waals surface area contributed by atoms with Gasteiger partial charge >= 0.3 is 0 Å². The molecule has 0 fully saturated rings. The van der Waals surface area contributed by atoms with E-state index in [-0.39, 0.29) is 20.1 Å². The van der Waals surface area contributed by atoms with Gasteiger partial charge in [0.25, 0.3) is 0 Å². The quantitative estimate of drug-likeness (QED) is 0.205. The van der Waals surface area contributed by atoms with E-state index in [1.807, 2.05) is 24.4 Å². The second kappa shape index (κ2) is 5.33. The molecule has 1 radical (unpaired) electrons. The number of para-hydroxylation sites is 1. The molecule has 0 N–H and O–H groups in total. The Kier molecular flexibility index (Phi) is 3.19. The van der Waals surface area contributed by atoms with Crippen LogP contribution in [0, 0.1) is 6.07 Å². The molecule has 4 aromatic heterocycles. The first-order valence-electron chi connectivity index (χ1n) is 7.78. The summed E-state index contributed by atoms with van der Waals surface area (Å²) < 4.78 is 3.43. The van der Waals surface area contributed by atoms with E-state index in [0.29, 0.717) is 0 Å². The van der Waals surface area contributed by atoms with Crippen LogP contribution >= 0.6 is 11.3 Å². The first kappa shape index (κ1) is 15.0. The summed E-state index contributed by atoms with van der Waals surface area (Å²) in [4.78, 5) is 10.7. The van der Waals surface area contributed by atoms with Gasteiger partial charge in [-0.05, 0) is 23.6 Å². The minimum absolute atomic E-state index is 0. The third kappa shape index (κ3) is 1.89. The fourth-order valence-corrected chi connectivity index (χ4v) is 4.66. The van der Waals surface area contributed by atoms with Gasteiger partial charge in [-0.25, -0.2) is 0 Å². The van der Waals surface area contributed by atoms with Gasteiger partial charge in [0.1, 0.15) is 15.9 Å². The molecular formula is C20H10IrN3S-. The molecule has 121 valence electrons. The zero-order valence-electron chi connectivity index (χ0n) is 12.9. The summed E-state index contributed by atoms with van der Waals surface area (Å²) in [5, 5.41) is 3.47. The van der Waals surface area contributed by atoms with Crippen LogP contribution in [-0.2, 0) is 20.1 Å². The predicted molar refractivity (Wildman–Crippen MR) is 99.7 cm³/mol. The topological polar surface area (TPSA) is 30.2 Å². The minimum Gasteiger partial charge on any atom is -0.325 e. The number of imidazole rings is 1. The molecule has 0 aliphatic heterocycles. The third-order valence-electron chi connectivity index (χ3n) is 4.55. The van der Waals surface area contributed by atoms with Gasteiger partial charge in [-0.1, -0.05) is 23.6 Å². The Hall–Kier alpha value is -2.33. The molecule has 3 nitrogen and oxygen atoms in total. The Bertz CT molecular complexity index is 1410. The van der Waals surface area contributed by atoms with Crippen molar-refractivity contribution in [2.45, 2.75) is 0 Å². The normalized spacial score (nSPS) is 11.7. The summed E-state index contributed by atoms with van der Waals surface area (Å²) in [6.45, 7) is 0. The van der Waals surface area contributed by atoms with Crippen molar-refractivity contribution in [1.29, 1.82) is 0 Å². The van der Waals surface area contributed by atoms with Crippen molar-refractivity contribution in [3.8, 4) is 0 Å². The number of rotatable bonds is 0. The van der Waals surface area contributed by atoms with Gasteiger partial charge in [-0.2, -0.15) is 0 Å². The minimum atomic E-state index is 0. The van der Waals surface area contributed by atoms with Crippen LogP contribution in [0.4, 0.5) is 0 Å². The maximum absolute atomic E-state index is 4.96. The summed E-state index contributed by atoms with van der Waals surface area (Å²) in [6.07, 6.45) is 1.83. The van der Waals surface area contributed by atoms with Crippen molar-refractivity contribution in [2.24, 2.45) is 0 Å². The number of nitrogens with zero attached hydrogens (tertiary/aromatic N) is 3. The number of hydrogen-bond acceptors (Lipinski definition) is 3. The van der Waals surface area contributed by atoms with E-state index in [0.717, 1.165) is 26.9 Å². The largest absolute Gasteiger partial charge is 0.325 e. The summed E-state index contributed by atoms with van der Waals surface area (Å²) in [5.74, 6) is 0. The molecule has 0 unspecified atom stereocenters. The molecule has 0 aliphatic rings. The van der Waals surface area contributed by atoms with Crippen LogP contribution in [0.25, 0.3) is 47.9 Å². The summed E-state index contributed by atoms with van der Waals surface area (Å²) in [7, 11) is 0. The molecule has 0 aliphatic carbocycles. The molecule has 0 saturated heterocycles. The summed E-state index contributed by atoms with van der Waals surface area (Å²) in [5.41, 5.74) is 4.09. The Morgan fingerprint density at radius 3 is 2.76 bits per heavy atom.